The van der Waals surface area contributed by atoms with Crippen LogP contribution in [0.3, 0.4) is 0 Å². The molecule has 0 spiro atoms. The molecule has 1 unspecified atom stereocenters. The van der Waals surface area contributed by atoms with Gasteiger partial charge in [0.15, 0.2) is 0 Å². The van der Waals surface area contributed by atoms with Gasteiger partial charge in [-0.25, -0.2) is 0 Å². The summed E-state index contributed by atoms with van der Waals surface area (Å²) in [5, 5.41) is 8.85. The van der Waals surface area contributed by atoms with Crippen molar-refractivity contribution in [2.75, 3.05) is 7.11 Å². The highest BCUT2D eigenvalue weighted by Gasteiger charge is 2.13. The monoisotopic (exact) mass is 286 g/mol. The molecule has 4 heteroatoms. The van der Waals surface area contributed by atoms with Gasteiger partial charge in [0.1, 0.15) is 5.75 Å². The van der Waals surface area contributed by atoms with Crippen molar-refractivity contribution >= 4 is 21.9 Å². The van der Waals surface area contributed by atoms with Gasteiger partial charge in [0.2, 0.25) is 0 Å². The third-order valence-electron chi connectivity index (χ3n) is 2.46. The lowest BCUT2D eigenvalue weighted by atomic mass is 9.99. The zero-order valence-corrected chi connectivity index (χ0v) is 11.2. The molecule has 0 fully saturated rings. The fraction of sp³-hybridized carbons (Fsp3) is 0.417. The molecule has 0 bridgehead atoms. The lowest BCUT2D eigenvalue weighted by molar-refractivity contribution is -0.141. The molecule has 0 aliphatic rings. The Balaban J connectivity index is 2.98. The van der Waals surface area contributed by atoms with E-state index in [9.17, 15) is 4.79 Å². The molecule has 0 aliphatic heterocycles. The van der Waals surface area contributed by atoms with E-state index < -0.39 is 5.97 Å². The summed E-state index contributed by atoms with van der Waals surface area (Å²) in [6.45, 7) is 3.66. The highest BCUT2D eigenvalue weighted by atomic mass is 79.9. The number of aryl methyl sites for hydroxylation is 1. The predicted octanol–water partition coefficient (Wildman–Crippen LogP) is 3.03. The number of methoxy groups -OCH3 is 1. The molecule has 0 saturated carbocycles. The molecule has 1 aromatic rings. The zero-order valence-electron chi connectivity index (χ0n) is 9.58. The van der Waals surface area contributed by atoms with Crippen molar-refractivity contribution in [1.29, 1.82) is 0 Å². The third-order valence-corrected chi connectivity index (χ3v) is 3.48. The first-order valence-corrected chi connectivity index (χ1v) is 5.80. The topological polar surface area (TPSA) is 46.5 Å². The summed E-state index contributed by atoms with van der Waals surface area (Å²) in [4.78, 5) is 10.8. The van der Waals surface area contributed by atoms with Gasteiger partial charge in [0, 0.05) is 0 Å². The van der Waals surface area contributed by atoms with Crippen LogP contribution in [0, 0.1) is 12.8 Å². The summed E-state index contributed by atoms with van der Waals surface area (Å²) in [5.74, 6) is -0.419. The molecule has 0 aliphatic carbocycles. The van der Waals surface area contributed by atoms with E-state index in [4.69, 9.17) is 9.84 Å². The number of halogens is 1. The maximum Gasteiger partial charge on any atom is 0.306 e. The molecule has 0 saturated heterocycles. The molecule has 0 heterocycles. The molecule has 0 amide bonds. The van der Waals surface area contributed by atoms with Gasteiger partial charge in [-0.2, -0.15) is 0 Å². The van der Waals surface area contributed by atoms with E-state index in [1.165, 1.54) is 0 Å². The van der Waals surface area contributed by atoms with Crippen LogP contribution in [0.15, 0.2) is 16.6 Å². The number of carboxylic acids is 1. The van der Waals surface area contributed by atoms with Gasteiger partial charge in [-0.3, -0.25) is 4.79 Å². The highest BCUT2D eigenvalue weighted by Crippen LogP contribution is 2.30. The van der Waals surface area contributed by atoms with Gasteiger partial charge >= 0.3 is 5.97 Å². The van der Waals surface area contributed by atoms with Crippen molar-refractivity contribution in [2.24, 2.45) is 5.92 Å². The molecular formula is C12H15BrO3. The first-order valence-electron chi connectivity index (χ1n) is 5.01. The maximum atomic E-state index is 10.8. The van der Waals surface area contributed by atoms with Crippen LogP contribution in [0.25, 0.3) is 0 Å². The van der Waals surface area contributed by atoms with Crippen LogP contribution in [0.4, 0.5) is 0 Å². The highest BCUT2D eigenvalue weighted by molar-refractivity contribution is 9.10. The molecule has 1 aromatic carbocycles. The number of hydrogen-bond acceptors (Lipinski definition) is 2. The van der Waals surface area contributed by atoms with Gasteiger partial charge < -0.3 is 9.84 Å². The lowest BCUT2D eigenvalue weighted by Gasteiger charge is -2.11. The average molecular weight is 287 g/mol. The van der Waals surface area contributed by atoms with Gasteiger partial charge in [-0.05, 0) is 46.5 Å². The van der Waals surface area contributed by atoms with Crippen LogP contribution < -0.4 is 4.74 Å². The molecule has 16 heavy (non-hydrogen) atoms. The molecule has 88 valence electrons. The summed E-state index contributed by atoms with van der Waals surface area (Å²) in [5.41, 5.74) is 2.03. The van der Waals surface area contributed by atoms with Crippen molar-refractivity contribution in [2.45, 2.75) is 20.3 Å². The molecule has 0 radical (unpaired) electrons. The summed E-state index contributed by atoms with van der Waals surface area (Å²) < 4.78 is 6.13. The summed E-state index contributed by atoms with van der Waals surface area (Å²) in [7, 11) is 1.60. The first kappa shape index (κ1) is 13.0. The van der Waals surface area contributed by atoms with Gasteiger partial charge in [0.25, 0.3) is 0 Å². The van der Waals surface area contributed by atoms with Gasteiger partial charge in [-0.15, -0.1) is 0 Å². The average Bonchev–Trinajstić information content (AvgIpc) is 2.22. The molecule has 1 N–H and O–H groups in total. The minimum atomic E-state index is -0.778. The molecular weight excluding hydrogens is 272 g/mol. The van der Waals surface area contributed by atoms with Crippen molar-refractivity contribution in [3.63, 3.8) is 0 Å². The second-order valence-electron chi connectivity index (χ2n) is 3.87. The molecule has 1 atom stereocenters. The Kier molecular flexibility index (Phi) is 4.35. The minimum Gasteiger partial charge on any atom is -0.496 e. The second-order valence-corrected chi connectivity index (χ2v) is 4.67. The van der Waals surface area contributed by atoms with E-state index in [0.717, 1.165) is 21.3 Å². The van der Waals surface area contributed by atoms with Crippen molar-refractivity contribution in [1.82, 2.24) is 0 Å². The second kappa shape index (κ2) is 5.34. The van der Waals surface area contributed by atoms with Crippen LogP contribution in [-0.2, 0) is 11.2 Å². The van der Waals surface area contributed by atoms with Gasteiger partial charge in [0.05, 0.1) is 17.5 Å². The number of ether oxygens (including phenoxy) is 1. The van der Waals surface area contributed by atoms with Crippen molar-refractivity contribution in [3.05, 3.63) is 27.7 Å². The Bertz CT molecular complexity index is 401. The number of carboxylic acid groups (broad SMARTS) is 1. The van der Waals surface area contributed by atoms with E-state index in [1.54, 1.807) is 14.0 Å². The van der Waals surface area contributed by atoms with Crippen LogP contribution in [0.2, 0.25) is 0 Å². The number of carbonyl (C=O) groups is 1. The normalized spacial score (nSPS) is 12.2. The Hall–Kier alpha value is -1.03. The van der Waals surface area contributed by atoms with Crippen molar-refractivity contribution < 1.29 is 14.6 Å². The van der Waals surface area contributed by atoms with Crippen LogP contribution in [0.5, 0.6) is 5.75 Å². The summed E-state index contributed by atoms with van der Waals surface area (Å²) >= 11 is 3.43. The lowest BCUT2D eigenvalue weighted by Crippen LogP contribution is -2.12. The Labute approximate surface area is 104 Å². The standard InChI is InChI=1S/C12H15BrO3/c1-7-4-9(5-8(2)12(14)15)6-10(16-3)11(7)13/h4,6,8H,5H2,1-3H3,(H,14,15). The Morgan fingerprint density at radius 2 is 2.19 bits per heavy atom. The summed E-state index contributed by atoms with van der Waals surface area (Å²) in [6.07, 6.45) is 0.514. The van der Waals surface area contributed by atoms with E-state index in [2.05, 4.69) is 15.9 Å². The quantitative estimate of drug-likeness (QED) is 0.926. The minimum absolute atomic E-state index is 0.384. The SMILES string of the molecule is COc1cc(CC(C)C(=O)O)cc(C)c1Br. The fourth-order valence-electron chi connectivity index (χ4n) is 1.52. The molecule has 0 aromatic heterocycles. The number of hydrogen-bond donors (Lipinski definition) is 1. The predicted molar refractivity (Wildman–Crippen MR) is 65.9 cm³/mol. The Morgan fingerprint density at radius 1 is 1.56 bits per heavy atom. The van der Waals surface area contributed by atoms with Crippen molar-refractivity contribution in [3.8, 4) is 5.75 Å². The Morgan fingerprint density at radius 3 is 2.69 bits per heavy atom. The first-order chi connectivity index (χ1) is 7.45. The number of benzene rings is 1. The zero-order chi connectivity index (χ0) is 12.3. The number of rotatable bonds is 4. The van der Waals surface area contributed by atoms with E-state index in [-0.39, 0.29) is 5.92 Å². The third kappa shape index (κ3) is 2.98. The smallest absolute Gasteiger partial charge is 0.306 e. The van der Waals surface area contributed by atoms with E-state index in [0.29, 0.717) is 6.42 Å². The molecule has 1 rings (SSSR count). The maximum absolute atomic E-state index is 10.8. The van der Waals surface area contributed by atoms with Gasteiger partial charge in [-0.1, -0.05) is 13.0 Å². The molecule has 3 nitrogen and oxygen atoms in total. The largest absolute Gasteiger partial charge is 0.496 e. The number of aliphatic carboxylic acids is 1. The summed E-state index contributed by atoms with van der Waals surface area (Å²) in [6, 6.07) is 3.85. The van der Waals surface area contributed by atoms with Crippen LogP contribution >= 0.6 is 15.9 Å². The van der Waals surface area contributed by atoms with Crippen LogP contribution in [-0.4, -0.2) is 18.2 Å². The van der Waals surface area contributed by atoms with E-state index >= 15 is 0 Å². The van der Waals surface area contributed by atoms with Crippen LogP contribution in [0.1, 0.15) is 18.1 Å². The fourth-order valence-corrected chi connectivity index (χ4v) is 1.91. The van der Waals surface area contributed by atoms with E-state index in [1.807, 2.05) is 19.1 Å².